The van der Waals surface area contributed by atoms with Gasteiger partial charge in [0.2, 0.25) is 0 Å². The van der Waals surface area contributed by atoms with Crippen LogP contribution in [-0.2, 0) is 13.6 Å². The zero-order valence-corrected chi connectivity index (χ0v) is 10.4. The lowest BCUT2D eigenvalue weighted by molar-refractivity contribution is 0.627. The molecular weight excluding hydrogens is 188 g/mol. The molecule has 1 atom stereocenters. The van der Waals surface area contributed by atoms with Crippen LogP contribution in [-0.4, -0.2) is 22.9 Å². The van der Waals surface area contributed by atoms with Gasteiger partial charge in [-0.05, 0) is 20.3 Å². The van der Waals surface area contributed by atoms with Gasteiger partial charge in [-0.2, -0.15) is 5.10 Å². The van der Waals surface area contributed by atoms with Crippen LogP contribution in [0.3, 0.4) is 0 Å². The van der Waals surface area contributed by atoms with Gasteiger partial charge >= 0.3 is 0 Å². The molecular formula is C11H22N4. The SMILES string of the molecule is CCC(C)N(C)c1c(CN)c(C)nn1C. The fourth-order valence-electron chi connectivity index (χ4n) is 1.85. The van der Waals surface area contributed by atoms with Crippen LogP contribution < -0.4 is 10.6 Å². The Morgan fingerprint density at radius 2 is 2.13 bits per heavy atom. The molecule has 0 aliphatic carbocycles. The Balaban J connectivity index is 3.11. The van der Waals surface area contributed by atoms with E-state index >= 15 is 0 Å². The van der Waals surface area contributed by atoms with E-state index in [1.54, 1.807) is 0 Å². The first-order valence-corrected chi connectivity index (χ1v) is 5.48. The lowest BCUT2D eigenvalue weighted by Gasteiger charge is -2.26. The molecule has 0 aromatic carbocycles. The minimum absolute atomic E-state index is 0.505. The summed E-state index contributed by atoms with van der Waals surface area (Å²) in [6.45, 7) is 6.96. The summed E-state index contributed by atoms with van der Waals surface area (Å²) in [4.78, 5) is 2.25. The molecule has 0 spiro atoms. The first-order chi connectivity index (χ1) is 7.02. The molecule has 0 saturated heterocycles. The molecule has 15 heavy (non-hydrogen) atoms. The van der Waals surface area contributed by atoms with E-state index in [0.717, 1.165) is 23.5 Å². The highest BCUT2D eigenvalue weighted by atomic mass is 15.4. The van der Waals surface area contributed by atoms with Gasteiger partial charge in [0, 0.05) is 32.2 Å². The molecule has 86 valence electrons. The van der Waals surface area contributed by atoms with Gasteiger partial charge in [-0.3, -0.25) is 4.68 Å². The van der Waals surface area contributed by atoms with Gasteiger partial charge in [0.15, 0.2) is 0 Å². The third-order valence-electron chi connectivity index (χ3n) is 3.10. The highest BCUT2D eigenvalue weighted by Crippen LogP contribution is 2.23. The second kappa shape index (κ2) is 4.66. The zero-order chi connectivity index (χ0) is 11.6. The van der Waals surface area contributed by atoms with Gasteiger partial charge in [-0.1, -0.05) is 6.92 Å². The van der Waals surface area contributed by atoms with Crippen LogP contribution in [0.25, 0.3) is 0 Å². The molecule has 1 heterocycles. The Kier molecular flexibility index (Phi) is 3.74. The maximum Gasteiger partial charge on any atom is 0.131 e. The fourth-order valence-corrected chi connectivity index (χ4v) is 1.85. The molecule has 1 aromatic rings. The lowest BCUT2D eigenvalue weighted by Crippen LogP contribution is -2.30. The predicted octanol–water partition coefficient (Wildman–Crippen LogP) is 1.42. The molecule has 0 saturated carbocycles. The molecule has 4 heteroatoms. The van der Waals surface area contributed by atoms with Crippen molar-refractivity contribution in [2.75, 3.05) is 11.9 Å². The summed E-state index contributed by atoms with van der Waals surface area (Å²) in [6.07, 6.45) is 1.12. The quantitative estimate of drug-likeness (QED) is 0.817. The summed E-state index contributed by atoms with van der Waals surface area (Å²) in [5.74, 6) is 1.14. The smallest absolute Gasteiger partial charge is 0.131 e. The highest BCUT2D eigenvalue weighted by Gasteiger charge is 2.18. The van der Waals surface area contributed by atoms with Crippen molar-refractivity contribution in [1.29, 1.82) is 0 Å². The van der Waals surface area contributed by atoms with E-state index in [1.165, 1.54) is 0 Å². The van der Waals surface area contributed by atoms with Crippen molar-refractivity contribution >= 4 is 5.82 Å². The molecule has 0 aliphatic heterocycles. The topological polar surface area (TPSA) is 47.1 Å². The summed E-state index contributed by atoms with van der Waals surface area (Å²) >= 11 is 0. The monoisotopic (exact) mass is 210 g/mol. The Morgan fingerprint density at radius 1 is 1.53 bits per heavy atom. The van der Waals surface area contributed by atoms with Gasteiger partial charge in [-0.25, -0.2) is 0 Å². The Morgan fingerprint density at radius 3 is 2.60 bits per heavy atom. The lowest BCUT2D eigenvalue weighted by atomic mass is 10.2. The molecule has 1 aromatic heterocycles. The molecule has 0 bridgehead atoms. The molecule has 1 rings (SSSR count). The van der Waals surface area contributed by atoms with Gasteiger partial charge in [0.25, 0.3) is 0 Å². The number of nitrogens with zero attached hydrogens (tertiary/aromatic N) is 3. The summed E-state index contributed by atoms with van der Waals surface area (Å²) in [5, 5.41) is 4.41. The van der Waals surface area contributed by atoms with Crippen LogP contribution in [0.1, 0.15) is 31.5 Å². The summed E-state index contributed by atoms with van der Waals surface area (Å²) in [5.41, 5.74) is 7.95. The van der Waals surface area contributed by atoms with Gasteiger partial charge < -0.3 is 10.6 Å². The molecule has 4 nitrogen and oxygen atoms in total. The summed E-state index contributed by atoms with van der Waals surface area (Å²) < 4.78 is 1.92. The van der Waals surface area contributed by atoms with Crippen molar-refractivity contribution in [1.82, 2.24) is 9.78 Å². The van der Waals surface area contributed by atoms with E-state index in [2.05, 4.69) is 30.9 Å². The van der Waals surface area contributed by atoms with Crippen LogP contribution in [0.4, 0.5) is 5.82 Å². The Bertz CT molecular complexity index is 330. The first-order valence-electron chi connectivity index (χ1n) is 5.48. The number of nitrogens with two attached hydrogens (primary N) is 1. The number of aryl methyl sites for hydroxylation is 2. The van der Waals surface area contributed by atoms with Crippen LogP contribution in [0, 0.1) is 6.92 Å². The minimum Gasteiger partial charge on any atom is -0.357 e. The standard InChI is InChI=1S/C11H22N4/c1-6-8(2)14(4)11-10(7-12)9(3)13-15(11)5/h8H,6-7,12H2,1-5H3. The van der Waals surface area contributed by atoms with Crippen molar-refractivity contribution in [3.63, 3.8) is 0 Å². The number of hydrogen-bond donors (Lipinski definition) is 1. The zero-order valence-electron chi connectivity index (χ0n) is 10.4. The maximum atomic E-state index is 5.76. The van der Waals surface area contributed by atoms with Gasteiger partial charge in [0.1, 0.15) is 5.82 Å². The van der Waals surface area contributed by atoms with Gasteiger partial charge in [0.05, 0.1) is 5.69 Å². The molecule has 0 radical (unpaired) electrons. The van der Waals surface area contributed by atoms with Crippen LogP contribution in [0.2, 0.25) is 0 Å². The van der Waals surface area contributed by atoms with E-state index in [4.69, 9.17) is 5.73 Å². The number of hydrogen-bond acceptors (Lipinski definition) is 3. The van der Waals surface area contributed by atoms with Crippen molar-refractivity contribution in [3.05, 3.63) is 11.3 Å². The third kappa shape index (κ3) is 2.15. The molecule has 0 aliphatic rings. The van der Waals surface area contributed by atoms with Crippen LogP contribution in [0.15, 0.2) is 0 Å². The summed E-state index contributed by atoms with van der Waals surface area (Å²) in [7, 11) is 4.07. The summed E-state index contributed by atoms with van der Waals surface area (Å²) in [6, 6.07) is 0.505. The molecule has 0 amide bonds. The molecule has 2 N–H and O–H groups in total. The second-order valence-corrected chi connectivity index (χ2v) is 4.08. The minimum atomic E-state index is 0.505. The fraction of sp³-hybridized carbons (Fsp3) is 0.727. The first kappa shape index (κ1) is 12.0. The van der Waals surface area contributed by atoms with E-state index in [-0.39, 0.29) is 0 Å². The van der Waals surface area contributed by atoms with Crippen LogP contribution in [0.5, 0.6) is 0 Å². The Hall–Kier alpha value is -1.03. The average molecular weight is 210 g/mol. The van der Waals surface area contributed by atoms with Crippen molar-refractivity contribution < 1.29 is 0 Å². The number of anilines is 1. The molecule has 1 unspecified atom stereocenters. The number of aromatic nitrogens is 2. The highest BCUT2D eigenvalue weighted by molar-refractivity contribution is 5.50. The van der Waals surface area contributed by atoms with E-state index in [0.29, 0.717) is 12.6 Å². The largest absolute Gasteiger partial charge is 0.357 e. The molecule has 0 fully saturated rings. The van der Waals surface area contributed by atoms with E-state index in [9.17, 15) is 0 Å². The predicted molar refractivity (Wildman–Crippen MR) is 64.0 cm³/mol. The van der Waals surface area contributed by atoms with E-state index in [1.807, 2.05) is 18.7 Å². The number of rotatable bonds is 4. The second-order valence-electron chi connectivity index (χ2n) is 4.08. The van der Waals surface area contributed by atoms with Crippen LogP contribution >= 0.6 is 0 Å². The van der Waals surface area contributed by atoms with E-state index < -0.39 is 0 Å². The average Bonchev–Trinajstić information content (AvgIpc) is 2.50. The van der Waals surface area contributed by atoms with Crippen molar-refractivity contribution in [2.24, 2.45) is 12.8 Å². The third-order valence-corrected chi connectivity index (χ3v) is 3.10. The Labute approximate surface area is 92.1 Å². The van der Waals surface area contributed by atoms with Gasteiger partial charge in [-0.15, -0.1) is 0 Å². The normalized spacial score (nSPS) is 12.9. The van der Waals surface area contributed by atoms with Crippen molar-refractivity contribution in [3.8, 4) is 0 Å². The maximum absolute atomic E-state index is 5.76. The van der Waals surface area contributed by atoms with Crippen molar-refractivity contribution in [2.45, 2.75) is 39.8 Å².